The first kappa shape index (κ1) is 25.8. The Morgan fingerprint density at radius 2 is 1.89 bits per heavy atom. The molecule has 0 N–H and O–H groups in total. The highest BCUT2D eigenvalue weighted by atomic mass is 32.2. The molecule has 10 nitrogen and oxygen atoms in total. The zero-order chi connectivity index (χ0) is 25.5. The molecule has 0 unspecified atom stereocenters. The van der Waals surface area contributed by atoms with Crippen molar-refractivity contribution in [3.8, 4) is 17.1 Å². The van der Waals surface area contributed by atoms with Gasteiger partial charge in [0.1, 0.15) is 11.8 Å². The van der Waals surface area contributed by atoms with E-state index in [1.165, 1.54) is 30.6 Å². The number of likely N-dealkylation sites (N-methyl/N-ethyl adjacent to an activating group) is 1. The lowest BCUT2D eigenvalue weighted by atomic mass is 10.0. The van der Waals surface area contributed by atoms with Gasteiger partial charge in [0.25, 0.3) is 5.91 Å². The smallest absolute Gasteiger partial charge is 0.261 e. The highest BCUT2D eigenvalue weighted by Crippen LogP contribution is 2.31. The van der Waals surface area contributed by atoms with E-state index in [-0.39, 0.29) is 30.0 Å². The standard InChI is InChI=1S/C25H30N4O6S/c1-28(16-17-33-2)36(31,32)21-13-11-19(12-14-21)24-26-25(35-27-24)22-10-6-7-15-29(22)23(30)18-34-20-8-4-3-5-9-20/h3-5,8-9,11-14,22H,6-7,10,15-18H2,1-2H3/t22-/m1/s1. The number of hydrogen-bond acceptors (Lipinski definition) is 8. The molecule has 1 atom stereocenters. The van der Waals surface area contributed by atoms with Crippen LogP contribution in [0.25, 0.3) is 11.4 Å². The number of nitrogens with zero attached hydrogens (tertiary/aromatic N) is 4. The largest absolute Gasteiger partial charge is 0.484 e. The van der Waals surface area contributed by atoms with Crippen LogP contribution in [0, 0.1) is 0 Å². The second kappa shape index (κ2) is 11.6. The summed E-state index contributed by atoms with van der Waals surface area (Å²) in [5.41, 5.74) is 0.615. The van der Waals surface area contributed by atoms with Gasteiger partial charge < -0.3 is 18.9 Å². The number of hydrogen-bond donors (Lipinski definition) is 0. The van der Waals surface area contributed by atoms with Gasteiger partial charge in [-0.15, -0.1) is 0 Å². The summed E-state index contributed by atoms with van der Waals surface area (Å²) in [7, 11) is -0.599. The molecule has 1 aromatic heterocycles. The second-order valence-corrected chi connectivity index (χ2v) is 10.5. The number of piperidine rings is 1. The molecule has 0 radical (unpaired) electrons. The van der Waals surface area contributed by atoms with Crippen LogP contribution < -0.4 is 4.74 Å². The van der Waals surface area contributed by atoms with E-state index < -0.39 is 10.0 Å². The molecule has 2 heterocycles. The predicted octanol–water partition coefficient (Wildman–Crippen LogP) is 3.14. The fourth-order valence-electron chi connectivity index (χ4n) is 4.02. The molecule has 4 rings (SSSR count). The molecular formula is C25H30N4O6S. The number of aromatic nitrogens is 2. The number of para-hydroxylation sites is 1. The zero-order valence-corrected chi connectivity index (χ0v) is 21.2. The molecule has 36 heavy (non-hydrogen) atoms. The average Bonchev–Trinajstić information content (AvgIpc) is 3.41. The Labute approximate surface area is 210 Å². The van der Waals surface area contributed by atoms with E-state index in [1.807, 2.05) is 18.2 Å². The molecule has 192 valence electrons. The molecule has 1 fully saturated rings. The average molecular weight is 515 g/mol. The minimum Gasteiger partial charge on any atom is -0.484 e. The first-order valence-electron chi connectivity index (χ1n) is 11.8. The number of carbonyl (C=O) groups is 1. The van der Waals surface area contributed by atoms with Gasteiger partial charge in [0.2, 0.25) is 21.7 Å². The van der Waals surface area contributed by atoms with E-state index in [9.17, 15) is 13.2 Å². The Morgan fingerprint density at radius 3 is 2.61 bits per heavy atom. The van der Waals surface area contributed by atoms with Crippen LogP contribution in [-0.4, -0.2) is 74.1 Å². The number of methoxy groups -OCH3 is 1. The highest BCUT2D eigenvalue weighted by molar-refractivity contribution is 7.89. The summed E-state index contributed by atoms with van der Waals surface area (Å²) in [5, 5.41) is 4.08. The Bertz CT molecular complexity index is 1250. The maximum Gasteiger partial charge on any atom is 0.261 e. The fraction of sp³-hybridized carbons (Fsp3) is 0.400. The number of likely N-dealkylation sites (tertiary alicyclic amines) is 1. The predicted molar refractivity (Wildman–Crippen MR) is 132 cm³/mol. The molecule has 1 aliphatic rings. The van der Waals surface area contributed by atoms with Crippen molar-refractivity contribution in [3.05, 3.63) is 60.5 Å². The number of carbonyl (C=O) groups excluding carboxylic acids is 1. The Kier molecular flexibility index (Phi) is 8.34. The number of benzene rings is 2. The first-order valence-corrected chi connectivity index (χ1v) is 13.2. The molecule has 0 bridgehead atoms. The normalized spacial score (nSPS) is 16.3. The third kappa shape index (κ3) is 5.92. The summed E-state index contributed by atoms with van der Waals surface area (Å²) in [6.07, 6.45) is 2.54. The summed E-state index contributed by atoms with van der Waals surface area (Å²) in [6.45, 7) is 1.07. The van der Waals surface area contributed by atoms with E-state index in [0.717, 1.165) is 12.8 Å². The number of rotatable bonds is 10. The van der Waals surface area contributed by atoms with E-state index >= 15 is 0 Å². The third-order valence-corrected chi connectivity index (χ3v) is 7.96. The lowest BCUT2D eigenvalue weighted by molar-refractivity contribution is -0.138. The van der Waals surface area contributed by atoms with Gasteiger partial charge in [-0.3, -0.25) is 4.79 Å². The SMILES string of the molecule is COCCN(C)S(=O)(=O)c1ccc(-c2noc([C@H]3CCCCN3C(=O)COc3ccccc3)n2)cc1. The van der Waals surface area contributed by atoms with Crippen molar-refractivity contribution in [2.24, 2.45) is 0 Å². The van der Waals surface area contributed by atoms with Crippen molar-refractivity contribution in [2.45, 2.75) is 30.2 Å². The van der Waals surface area contributed by atoms with Crippen LogP contribution in [0.5, 0.6) is 5.75 Å². The van der Waals surface area contributed by atoms with Crippen molar-refractivity contribution in [2.75, 3.05) is 40.5 Å². The van der Waals surface area contributed by atoms with Crippen molar-refractivity contribution in [1.29, 1.82) is 0 Å². The highest BCUT2D eigenvalue weighted by Gasteiger charge is 2.32. The van der Waals surface area contributed by atoms with E-state index in [2.05, 4.69) is 10.1 Å². The topological polar surface area (TPSA) is 115 Å². The van der Waals surface area contributed by atoms with E-state index in [1.54, 1.807) is 29.2 Å². The van der Waals surface area contributed by atoms with E-state index in [4.69, 9.17) is 14.0 Å². The lowest BCUT2D eigenvalue weighted by Gasteiger charge is -2.33. The summed E-state index contributed by atoms with van der Waals surface area (Å²) in [6, 6.07) is 15.2. The Balaban J connectivity index is 1.45. The minimum absolute atomic E-state index is 0.0731. The van der Waals surface area contributed by atoms with Crippen LogP contribution in [0.1, 0.15) is 31.2 Å². The maximum atomic E-state index is 12.9. The first-order chi connectivity index (χ1) is 17.4. The van der Waals surface area contributed by atoms with E-state index in [0.29, 0.717) is 42.6 Å². The van der Waals surface area contributed by atoms with Crippen LogP contribution in [0.3, 0.4) is 0 Å². The van der Waals surface area contributed by atoms with Crippen molar-refractivity contribution >= 4 is 15.9 Å². The molecule has 0 saturated carbocycles. The molecule has 2 aromatic carbocycles. The zero-order valence-electron chi connectivity index (χ0n) is 20.4. The van der Waals surface area contributed by atoms with Gasteiger partial charge in [-0.2, -0.15) is 9.29 Å². The number of amides is 1. The summed E-state index contributed by atoms with van der Waals surface area (Å²) in [4.78, 5) is 19.4. The quantitative estimate of drug-likeness (QED) is 0.405. The molecule has 1 amide bonds. The van der Waals surface area contributed by atoms with Crippen LogP contribution in [0.4, 0.5) is 0 Å². The van der Waals surface area contributed by atoms with Gasteiger partial charge in [-0.1, -0.05) is 23.4 Å². The van der Waals surface area contributed by atoms with Crippen LogP contribution >= 0.6 is 0 Å². The molecular weight excluding hydrogens is 484 g/mol. The van der Waals surface area contributed by atoms with Crippen molar-refractivity contribution < 1.29 is 27.2 Å². The van der Waals surface area contributed by atoms with Crippen molar-refractivity contribution in [3.63, 3.8) is 0 Å². The summed E-state index contributed by atoms with van der Waals surface area (Å²) >= 11 is 0. The number of ether oxygens (including phenoxy) is 2. The monoisotopic (exact) mass is 514 g/mol. The van der Waals surface area contributed by atoms with Crippen LogP contribution in [0.2, 0.25) is 0 Å². The summed E-state index contributed by atoms with van der Waals surface area (Å²) < 4.78 is 42.8. The lowest BCUT2D eigenvalue weighted by Crippen LogP contribution is -2.41. The van der Waals surface area contributed by atoms with Gasteiger partial charge in [0, 0.05) is 32.8 Å². The molecule has 0 aliphatic carbocycles. The van der Waals surface area contributed by atoms with Gasteiger partial charge in [-0.05, 0) is 55.7 Å². The van der Waals surface area contributed by atoms with Crippen LogP contribution in [0.15, 0.2) is 64.0 Å². The second-order valence-electron chi connectivity index (χ2n) is 8.50. The van der Waals surface area contributed by atoms with Gasteiger partial charge in [-0.25, -0.2) is 8.42 Å². The molecule has 0 spiro atoms. The fourth-order valence-corrected chi connectivity index (χ4v) is 5.17. The molecule has 3 aromatic rings. The molecule has 1 saturated heterocycles. The number of sulfonamides is 1. The van der Waals surface area contributed by atoms with Crippen LogP contribution in [-0.2, 0) is 19.6 Å². The maximum absolute atomic E-state index is 12.9. The van der Waals surface area contributed by atoms with Crippen molar-refractivity contribution in [1.82, 2.24) is 19.3 Å². The Hall–Kier alpha value is -3.28. The van der Waals surface area contributed by atoms with Gasteiger partial charge in [0.15, 0.2) is 6.61 Å². The minimum atomic E-state index is -3.63. The Morgan fingerprint density at radius 1 is 1.14 bits per heavy atom. The molecule has 1 aliphatic heterocycles. The third-order valence-electron chi connectivity index (χ3n) is 6.09. The van der Waals surface area contributed by atoms with Gasteiger partial charge >= 0.3 is 0 Å². The molecule has 11 heteroatoms. The van der Waals surface area contributed by atoms with Gasteiger partial charge in [0.05, 0.1) is 11.5 Å². The summed E-state index contributed by atoms with van der Waals surface area (Å²) in [5.74, 6) is 1.18.